The highest BCUT2D eigenvalue weighted by Gasteiger charge is 2.16. The Kier molecular flexibility index (Phi) is 7.63. The van der Waals surface area contributed by atoms with Gasteiger partial charge in [0.15, 0.2) is 5.78 Å². The fourth-order valence-electron chi connectivity index (χ4n) is 2.48. The van der Waals surface area contributed by atoms with E-state index in [0.29, 0.717) is 11.3 Å². The summed E-state index contributed by atoms with van der Waals surface area (Å²) in [4.78, 5) is 47.5. The van der Waals surface area contributed by atoms with Crippen molar-refractivity contribution in [3.8, 4) is 6.07 Å². The fraction of sp³-hybridized carbons (Fsp3) is 0.136. The molecule has 0 aliphatic carbocycles. The lowest BCUT2D eigenvalue weighted by atomic mass is 10.1. The van der Waals surface area contributed by atoms with E-state index in [2.05, 4.69) is 15.4 Å². The number of nitrogens with zero attached hydrogens (tertiary/aromatic N) is 1. The topological polar surface area (TPSA) is 135 Å². The van der Waals surface area contributed by atoms with Crippen LogP contribution >= 0.6 is 0 Å². The minimum absolute atomic E-state index is 0.0870. The van der Waals surface area contributed by atoms with Crippen molar-refractivity contribution in [2.24, 2.45) is 0 Å². The number of carbonyl (C=O) groups excluding carboxylic acids is 4. The number of ether oxygens (including phenoxy) is 2. The van der Waals surface area contributed by atoms with Gasteiger partial charge in [-0.1, -0.05) is 0 Å². The summed E-state index contributed by atoms with van der Waals surface area (Å²) in [6, 6.07) is 12.0. The molecule has 31 heavy (non-hydrogen) atoms. The van der Waals surface area contributed by atoms with E-state index in [0.717, 1.165) is 6.20 Å². The van der Waals surface area contributed by atoms with Gasteiger partial charge < -0.3 is 20.1 Å². The van der Waals surface area contributed by atoms with Crippen LogP contribution < -0.4 is 10.6 Å². The first-order chi connectivity index (χ1) is 14.8. The summed E-state index contributed by atoms with van der Waals surface area (Å²) in [7, 11) is 2.41. The van der Waals surface area contributed by atoms with Crippen molar-refractivity contribution in [2.45, 2.75) is 6.92 Å². The molecule has 0 aliphatic rings. The molecule has 158 valence electrons. The van der Waals surface area contributed by atoms with Gasteiger partial charge in [0, 0.05) is 17.5 Å². The Balaban J connectivity index is 2.27. The van der Waals surface area contributed by atoms with E-state index < -0.39 is 17.8 Å². The molecule has 0 heterocycles. The number of esters is 2. The van der Waals surface area contributed by atoms with Crippen LogP contribution in [0.3, 0.4) is 0 Å². The average molecular weight is 421 g/mol. The molecule has 1 amide bonds. The number of benzene rings is 2. The van der Waals surface area contributed by atoms with E-state index >= 15 is 0 Å². The lowest BCUT2D eigenvalue weighted by Gasteiger charge is -2.10. The second-order valence-electron chi connectivity index (χ2n) is 6.15. The van der Waals surface area contributed by atoms with Gasteiger partial charge >= 0.3 is 11.9 Å². The lowest BCUT2D eigenvalue weighted by molar-refractivity contribution is -0.112. The van der Waals surface area contributed by atoms with Gasteiger partial charge in [0.1, 0.15) is 11.6 Å². The third-order valence-corrected chi connectivity index (χ3v) is 4.13. The number of amides is 1. The van der Waals surface area contributed by atoms with Crippen molar-refractivity contribution in [1.29, 1.82) is 5.26 Å². The van der Waals surface area contributed by atoms with Gasteiger partial charge in [-0.25, -0.2) is 9.59 Å². The highest BCUT2D eigenvalue weighted by Crippen LogP contribution is 2.20. The molecule has 2 aromatic carbocycles. The Bertz CT molecular complexity index is 1100. The second kappa shape index (κ2) is 10.4. The van der Waals surface area contributed by atoms with Crippen LogP contribution in [0, 0.1) is 11.3 Å². The van der Waals surface area contributed by atoms with Crippen LogP contribution in [0.5, 0.6) is 0 Å². The molecule has 0 unspecified atom stereocenters. The first-order valence-corrected chi connectivity index (χ1v) is 8.90. The monoisotopic (exact) mass is 421 g/mol. The van der Waals surface area contributed by atoms with Gasteiger partial charge in [0.25, 0.3) is 5.91 Å². The molecule has 2 rings (SSSR count). The molecule has 0 radical (unpaired) electrons. The van der Waals surface area contributed by atoms with Crippen molar-refractivity contribution in [1.82, 2.24) is 0 Å². The molecule has 9 heteroatoms. The second-order valence-corrected chi connectivity index (χ2v) is 6.15. The van der Waals surface area contributed by atoms with Gasteiger partial charge in [-0.15, -0.1) is 0 Å². The van der Waals surface area contributed by atoms with E-state index in [1.165, 1.54) is 51.5 Å². The van der Waals surface area contributed by atoms with Crippen molar-refractivity contribution < 1.29 is 28.7 Å². The van der Waals surface area contributed by atoms with E-state index in [1.807, 2.05) is 0 Å². The Morgan fingerprint density at radius 1 is 0.935 bits per heavy atom. The normalized spacial score (nSPS) is 10.5. The van der Waals surface area contributed by atoms with Crippen molar-refractivity contribution in [2.75, 3.05) is 24.9 Å². The van der Waals surface area contributed by atoms with Gasteiger partial charge in [-0.05, 0) is 49.4 Å². The molecule has 0 saturated carbocycles. The SMILES string of the molecule is COC(=O)c1ccc(C(=O)OC)c(N/C=C(/C#N)C(=O)Nc2ccc(C(C)=O)cc2)c1. The summed E-state index contributed by atoms with van der Waals surface area (Å²) in [6.07, 6.45) is 1.10. The fourth-order valence-corrected chi connectivity index (χ4v) is 2.48. The van der Waals surface area contributed by atoms with E-state index in [4.69, 9.17) is 4.74 Å². The molecule has 0 saturated heterocycles. The smallest absolute Gasteiger partial charge is 0.339 e. The molecule has 0 spiro atoms. The van der Waals surface area contributed by atoms with Gasteiger partial charge in [0.2, 0.25) is 0 Å². The van der Waals surface area contributed by atoms with Crippen LogP contribution in [0.1, 0.15) is 38.0 Å². The zero-order valence-electron chi connectivity index (χ0n) is 17.0. The minimum Gasteiger partial charge on any atom is -0.465 e. The number of hydrogen-bond acceptors (Lipinski definition) is 8. The molecular formula is C22H19N3O6. The molecule has 0 bridgehead atoms. The van der Waals surface area contributed by atoms with Crippen molar-refractivity contribution >= 4 is 35.0 Å². The van der Waals surface area contributed by atoms with E-state index in [9.17, 15) is 24.4 Å². The summed E-state index contributed by atoms with van der Waals surface area (Å²) < 4.78 is 9.36. The van der Waals surface area contributed by atoms with Gasteiger partial charge in [0.05, 0.1) is 31.0 Å². The minimum atomic E-state index is -0.714. The number of nitrogens with one attached hydrogen (secondary N) is 2. The molecule has 0 fully saturated rings. The third kappa shape index (κ3) is 5.77. The third-order valence-electron chi connectivity index (χ3n) is 4.13. The summed E-state index contributed by atoms with van der Waals surface area (Å²) in [5.74, 6) is -2.14. The number of anilines is 2. The molecule has 0 atom stereocenters. The Labute approximate surface area is 178 Å². The van der Waals surface area contributed by atoms with Gasteiger partial charge in [-0.3, -0.25) is 9.59 Å². The lowest BCUT2D eigenvalue weighted by Crippen LogP contribution is -2.15. The summed E-state index contributed by atoms with van der Waals surface area (Å²) in [6.45, 7) is 1.42. The number of hydrogen-bond donors (Lipinski definition) is 2. The van der Waals surface area contributed by atoms with Crippen LogP contribution in [0.2, 0.25) is 0 Å². The maximum atomic E-state index is 12.4. The number of ketones is 1. The molecular weight excluding hydrogens is 402 g/mol. The predicted molar refractivity (Wildman–Crippen MR) is 112 cm³/mol. The molecule has 0 aromatic heterocycles. The first kappa shape index (κ1) is 22.8. The Morgan fingerprint density at radius 3 is 2.10 bits per heavy atom. The van der Waals surface area contributed by atoms with Gasteiger partial charge in [-0.2, -0.15) is 5.26 Å². The van der Waals surface area contributed by atoms with Crippen molar-refractivity contribution in [3.05, 3.63) is 70.9 Å². The highest BCUT2D eigenvalue weighted by molar-refractivity contribution is 6.07. The maximum absolute atomic E-state index is 12.4. The largest absolute Gasteiger partial charge is 0.465 e. The maximum Gasteiger partial charge on any atom is 0.339 e. The quantitative estimate of drug-likeness (QED) is 0.302. The summed E-state index contributed by atoms with van der Waals surface area (Å²) in [5, 5.41) is 14.6. The van der Waals surface area contributed by atoms with Crippen LogP contribution in [-0.2, 0) is 14.3 Å². The van der Waals surface area contributed by atoms with Crippen LogP contribution in [0.15, 0.2) is 54.2 Å². The zero-order valence-corrected chi connectivity index (χ0v) is 17.0. The van der Waals surface area contributed by atoms with E-state index in [1.54, 1.807) is 18.2 Å². The Morgan fingerprint density at radius 2 is 1.55 bits per heavy atom. The number of nitriles is 1. The van der Waals surface area contributed by atoms with Crippen LogP contribution in [-0.4, -0.2) is 37.8 Å². The summed E-state index contributed by atoms with van der Waals surface area (Å²) in [5.41, 5.74) is 0.954. The van der Waals surface area contributed by atoms with Crippen molar-refractivity contribution in [3.63, 3.8) is 0 Å². The molecule has 0 aliphatic heterocycles. The average Bonchev–Trinajstić information content (AvgIpc) is 2.78. The molecule has 2 N–H and O–H groups in total. The zero-order chi connectivity index (χ0) is 23.0. The number of methoxy groups -OCH3 is 2. The highest BCUT2D eigenvalue weighted by atomic mass is 16.5. The predicted octanol–water partition coefficient (Wildman–Crippen LogP) is 2.92. The van der Waals surface area contributed by atoms with E-state index in [-0.39, 0.29) is 28.2 Å². The number of rotatable bonds is 7. The number of carbonyl (C=O) groups is 4. The van der Waals surface area contributed by atoms with Crippen LogP contribution in [0.4, 0.5) is 11.4 Å². The standard InChI is InChI=1S/C22H19N3O6/c1-13(26)14-4-7-17(8-5-14)25-20(27)16(11-23)12-24-19-10-15(21(28)30-2)6-9-18(19)22(29)31-3/h4-10,12,24H,1-3H3,(H,25,27)/b16-12-. The molecule has 2 aromatic rings. The summed E-state index contributed by atoms with van der Waals surface area (Å²) >= 11 is 0. The number of Topliss-reactive ketones (excluding diaryl/α,β-unsaturated/α-hetero) is 1. The first-order valence-electron chi connectivity index (χ1n) is 8.90. The molecule has 9 nitrogen and oxygen atoms in total. The van der Waals surface area contributed by atoms with Crippen LogP contribution in [0.25, 0.3) is 0 Å². The Hall–Kier alpha value is -4.45.